The quantitative estimate of drug-likeness (QED) is 0.175. The van der Waals surface area contributed by atoms with Crippen LogP contribution in [0.25, 0.3) is 33.3 Å². The fourth-order valence-corrected chi connectivity index (χ4v) is 6.22. The SMILES string of the molecule is Cl.Cn1nc(C(=O)NC2CCN(Cc3cccc(-c4ccccc4)c3)CC2)c2ccc(OCc3cccc(-c4ccccc4)c3)nc21. The minimum atomic E-state index is -0.159. The lowest BCUT2D eigenvalue weighted by Gasteiger charge is -2.32. The number of pyridine rings is 1. The Morgan fingerprint density at radius 1 is 0.766 bits per heavy atom. The Balaban J connectivity index is 0.00000386. The number of nitrogens with zero attached hydrogens (tertiary/aromatic N) is 4. The number of ether oxygens (including phenoxy) is 1. The van der Waals surface area contributed by atoms with Gasteiger partial charge >= 0.3 is 0 Å². The molecule has 0 radical (unpaired) electrons. The van der Waals surface area contributed by atoms with Crippen LogP contribution in [0.1, 0.15) is 34.5 Å². The van der Waals surface area contributed by atoms with Gasteiger partial charge in [0.15, 0.2) is 11.3 Å². The van der Waals surface area contributed by atoms with Crippen LogP contribution in [0.3, 0.4) is 0 Å². The minimum Gasteiger partial charge on any atom is -0.473 e. The molecule has 0 unspecified atom stereocenters. The Kier molecular flexibility index (Phi) is 9.95. The second kappa shape index (κ2) is 14.6. The van der Waals surface area contributed by atoms with Gasteiger partial charge in [-0.3, -0.25) is 9.69 Å². The average molecular weight is 644 g/mol. The molecular weight excluding hydrogens is 606 g/mol. The van der Waals surface area contributed by atoms with Crippen molar-refractivity contribution in [2.24, 2.45) is 7.05 Å². The van der Waals surface area contributed by atoms with Crippen molar-refractivity contribution in [1.29, 1.82) is 0 Å². The molecule has 7 rings (SSSR count). The molecule has 2 aromatic heterocycles. The maximum absolute atomic E-state index is 13.4. The molecule has 4 aromatic carbocycles. The zero-order valence-corrected chi connectivity index (χ0v) is 27.2. The summed E-state index contributed by atoms with van der Waals surface area (Å²) in [6, 6.07) is 41.7. The molecule has 0 spiro atoms. The number of aromatic nitrogens is 3. The predicted molar refractivity (Wildman–Crippen MR) is 190 cm³/mol. The number of rotatable bonds is 9. The van der Waals surface area contributed by atoms with Crippen LogP contribution in [0.2, 0.25) is 0 Å². The smallest absolute Gasteiger partial charge is 0.272 e. The third-order valence-electron chi connectivity index (χ3n) is 8.66. The second-order valence-electron chi connectivity index (χ2n) is 11.9. The highest BCUT2D eigenvalue weighted by atomic mass is 35.5. The highest BCUT2D eigenvalue weighted by molar-refractivity contribution is 6.04. The van der Waals surface area contributed by atoms with E-state index in [0.29, 0.717) is 29.2 Å². The number of nitrogens with one attached hydrogen (secondary N) is 1. The van der Waals surface area contributed by atoms with E-state index in [1.165, 1.54) is 22.3 Å². The first-order chi connectivity index (χ1) is 22.6. The lowest BCUT2D eigenvalue weighted by Crippen LogP contribution is -2.44. The second-order valence-corrected chi connectivity index (χ2v) is 11.9. The summed E-state index contributed by atoms with van der Waals surface area (Å²) in [4.78, 5) is 20.5. The van der Waals surface area contributed by atoms with E-state index in [2.05, 4.69) is 93.1 Å². The topological polar surface area (TPSA) is 72.3 Å². The van der Waals surface area contributed by atoms with E-state index in [1.54, 1.807) is 4.68 Å². The fourth-order valence-electron chi connectivity index (χ4n) is 6.22. The summed E-state index contributed by atoms with van der Waals surface area (Å²) in [6.45, 7) is 3.16. The number of amides is 1. The maximum atomic E-state index is 13.4. The van der Waals surface area contributed by atoms with E-state index in [-0.39, 0.29) is 24.4 Å². The first-order valence-corrected chi connectivity index (χ1v) is 15.9. The molecule has 3 heterocycles. The van der Waals surface area contributed by atoms with E-state index in [4.69, 9.17) is 4.74 Å². The largest absolute Gasteiger partial charge is 0.473 e. The third-order valence-corrected chi connectivity index (χ3v) is 8.66. The van der Waals surface area contributed by atoms with Crippen molar-refractivity contribution >= 4 is 29.3 Å². The minimum absolute atomic E-state index is 0. The lowest BCUT2D eigenvalue weighted by atomic mass is 10.0. The first-order valence-electron chi connectivity index (χ1n) is 15.9. The normalized spacial score (nSPS) is 13.6. The van der Waals surface area contributed by atoms with Crippen LogP contribution >= 0.6 is 12.4 Å². The standard InChI is InChI=1S/C39H37N5O2.ClH/c1-43-38-35(18-19-36(41-38)46-27-29-11-9-17-33(25-29)31-14-6-3-7-15-31)37(42-43)39(45)40-34-20-22-44(23-21-34)26-28-10-8-16-32(24-28)30-12-4-2-5-13-30;/h2-19,24-25,34H,20-23,26-27H2,1H3,(H,40,45);1H. The van der Waals surface area contributed by atoms with Crippen LogP contribution in [0.15, 0.2) is 121 Å². The number of aryl methyl sites for hydroxylation is 1. The van der Waals surface area contributed by atoms with Crippen molar-refractivity contribution in [2.75, 3.05) is 13.1 Å². The Morgan fingerprint density at radius 2 is 1.36 bits per heavy atom. The number of piperidine rings is 1. The van der Waals surface area contributed by atoms with Crippen LogP contribution in [0, 0.1) is 0 Å². The molecule has 1 saturated heterocycles. The van der Waals surface area contributed by atoms with Gasteiger partial charge in [0.2, 0.25) is 5.88 Å². The van der Waals surface area contributed by atoms with Crippen LogP contribution in [-0.4, -0.2) is 44.7 Å². The molecule has 1 aliphatic rings. The van der Waals surface area contributed by atoms with Crippen molar-refractivity contribution in [2.45, 2.75) is 32.0 Å². The molecule has 7 nitrogen and oxygen atoms in total. The molecule has 1 N–H and O–H groups in total. The van der Waals surface area contributed by atoms with Gasteiger partial charge in [0.25, 0.3) is 5.91 Å². The lowest BCUT2D eigenvalue weighted by molar-refractivity contribution is 0.0904. The van der Waals surface area contributed by atoms with E-state index < -0.39 is 0 Å². The van der Waals surface area contributed by atoms with E-state index >= 15 is 0 Å². The molecule has 0 aliphatic carbocycles. The van der Waals surface area contributed by atoms with E-state index in [9.17, 15) is 4.79 Å². The zero-order valence-electron chi connectivity index (χ0n) is 26.4. The number of fused-ring (bicyclic) bond motifs is 1. The predicted octanol–water partition coefficient (Wildman–Crippen LogP) is 7.70. The third kappa shape index (κ3) is 7.54. The van der Waals surface area contributed by atoms with Crippen LogP contribution < -0.4 is 10.1 Å². The van der Waals surface area contributed by atoms with Gasteiger partial charge in [0.05, 0.1) is 5.39 Å². The van der Waals surface area contributed by atoms with Gasteiger partial charge in [-0.25, -0.2) is 4.68 Å². The molecule has 0 saturated carbocycles. The van der Waals surface area contributed by atoms with Crippen LogP contribution in [-0.2, 0) is 20.2 Å². The summed E-state index contributed by atoms with van der Waals surface area (Å²) in [5, 5.41) is 8.49. The van der Waals surface area contributed by atoms with Crippen LogP contribution in [0.5, 0.6) is 5.88 Å². The Hall–Kier alpha value is -4.98. The number of carbonyl (C=O) groups is 1. The van der Waals surface area contributed by atoms with Gasteiger partial charge < -0.3 is 10.1 Å². The summed E-state index contributed by atoms with van der Waals surface area (Å²) >= 11 is 0. The van der Waals surface area contributed by atoms with Crippen molar-refractivity contribution in [3.63, 3.8) is 0 Å². The number of halogens is 1. The number of hydrogen-bond acceptors (Lipinski definition) is 5. The van der Waals surface area contributed by atoms with Gasteiger partial charge in [-0.15, -0.1) is 12.4 Å². The van der Waals surface area contributed by atoms with Crippen molar-refractivity contribution in [1.82, 2.24) is 25.0 Å². The summed E-state index contributed by atoms with van der Waals surface area (Å²) in [6.07, 6.45) is 1.80. The molecule has 6 aromatic rings. The Labute approximate surface area is 281 Å². The van der Waals surface area contributed by atoms with Crippen molar-refractivity contribution in [3.05, 3.63) is 138 Å². The molecule has 1 aliphatic heterocycles. The Bertz CT molecular complexity index is 1950. The van der Waals surface area contributed by atoms with Crippen LogP contribution in [0.4, 0.5) is 0 Å². The maximum Gasteiger partial charge on any atom is 0.272 e. The Morgan fingerprint density at radius 3 is 2.02 bits per heavy atom. The molecule has 47 heavy (non-hydrogen) atoms. The molecule has 1 fully saturated rings. The molecular formula is C39H38ClN5O2. The highest BCUT2D eigenvalue weighted by Gasteiger charge is 2.24. The first kappa shape index (κ1) is 32.0. The molecule has 8 heteroatoms. The van der Waals surface area contributed by atoms with E-state index in [1.807, 2.05) is 55.6 Å². The average Bonchev–Trinajstić information content (AvgIpc) is 3.45. The monoisotopic (exact) mass is 643 g/mol. The summed E-state index contributed by atoms with van der Waals surface area (Å²) in [5.74, 6) is 0.335. The number of likely N-dealkylation sites (tertiary alicyclic amines) is 1. The van der Waals surface area contributed by atoms with Gasteiger partial charge in [-0.2, -0.15) is 10.1 Å². The summed E-state index contributed by atoms with van der Waals surface area (Å²) in [7, 11) is 1.81. The molecule has 0 bridgehead atoms. The number of hydrogen-bond donors (Lipinski definition) is 1. The molecule has 0 atom stereocenters. The fraction of sp³-hybridized carbons (Fsp3) is 0.205. The zero-order chi connectivity index (χ0) is 31.3. The molecule has 1 amide bonds. The van der Waals surface area contributed by atoms with Crippen molar-refractivity contribution < 1.29 is 9.53 Å². The number of carbonyl (C=O) groups excluding carboxylic acids is 1. The van der Waals surface area contributed by atoms with Gasteiger partial charge in [-0.1, -0.05) is 97.1 Å². The molecule has 238 valence electrons. The van der Waals surface area contributed by atoms with Gasteiger partial charge in [-0.05, 0) is 64.4 Å². The van der Waals surface area contributed by atoms with Crippen molar-refractivity contribution in [3.8, 4) is 28.1 Å². The highest BCUT2D eigenvalue weighted by Crippen LogP contribution is 2.25. The van der Waals surface area contributed by atoms with Gasteiger partial charge in [0, 0.05) is 38.8 Å². The number of benzene rings is 4. The van der Waals surface area contributed by atoms with E-state index in [0.717, 1.165) is 43.6 Å². The summed E-state index contributed by atoms with van der Waals surface area (Å²) in [5.41, 5.74) is 8.16. The summed E-state index contributed by atoms with van der Waals surface area (Å²) < 4.78 is 7.71. The van der Waals surface area contributed by atoms with Gasteiger partial charge in [0.1, 0.15) is 6.61 Å².